The molecule has 196 valence electrons. The van der Waals surface area contributed by atoms with E-state index in [-0.39, 0.29) is 31.8 Å². The number of carbonyl (C=O) groups excluding carboxylic acids is 3. The van der Waals surface area contributed by atoms with Crippen LogP contribution >= 0.6 is 0 Å². The van der Waals surface area contributed by atoms with Crippen molar-refractivity contribution in [2.24, 2.45) is 5.73 Å². The summed E-state index contributed by atoms with van der Waals surface area (Å²) in [5.74, 6) is -1.32. The van der Waals surface area contributed by atoms with E-state index in [4.69, 9.17) is 10.5 Å². The fraction of sp³-hybridized carbons (Fsp3) is 0.357. The molecule has 3 amide bonds. The van der Waals surface area contributed by atoms with Crippen LogP contribution in [0.4, 0.5) is 0 Å². The van der Waals surface area contributed by atoms with E-state index >= 15 is 0 Å². The van der Waals surface area contributed by atoms with Gasteiger partial charge in [-0.15, -0.1) is 0 Å². The molecule has 0 fully saturated rings. The maximum atomic E-state index is 13.0. The number of hydrogen-bond donors (Lipinski definition) is 2. The molecule has 0 aliphatic carbocycles. The fourth-order valence-electron chi connectivity index (χ4n) is 4.03. The maximum Gasteiger partial charge on any atom is 0.246 e. The first kappa shape index (κ1) is 27.6. The molecule has 37 heavy (non-hydrogen) atoms. The first-order valence-corrected chi connectivity index (χ1v) is 12.3. The Balaban J connectivity index is 1.67. The van der Waals surface area contributed by atoms with Crippen molar-refractivity contribution in [3.05, 3.63) is 90.3 Å². The number of primary amides is 1. The average molecular weight is 506 g/mol. The Morgan fingerprint density at radius 1 is 1.03 bits per heavy atom. The third-order valence-corrected chi connectivity index (χ3v) is 6.38. The largest absolute Gasteiger partial charge is 0.371 e. The molecule has 0 saturated carbocycles. The Labute approximate surface area is 217 Å². The molecule has 0 spiro atoms. The van der Waals surface area contributed by atoms with Crippen molar-refractivity contribution >= 4 is 17.7 Å². The molecule has 0 bridgehead atoms. The standard InChI is InChI=1S/C28H35N5O4/c1-22(37-21-24-12-7-4-8-13-24)28(27(29)36,20-23-10-5-3-6-11-23)31-25(34)14-15-26(35)32(2)18-19-33-17-9-16-30-33/h3-13,16-17,22H,14-15,18-21H2,1-2H3,(H2,29,36)(H,31,34)/t22-,28-/m1/s1. The number of hydrogen-bond acceptors (Lipinski definition) is 5. The number of likely N-dealkylation sites (N-methyl/N-ethyl adjacent to an activating group) is 1. The number of benzene rings is 2. The number of nitrogens with one attached hydrogen (secondary N) is 1. The smallest absolute Gasteiger partial charge is 0.246 e. The van der Waals surface area contributed by atoms with E-state index in [1.165, 1.54) is 0 Å². The second-order valence-electron chi connectivity index (χ2n) is 9.07. The van der Waals surface area contributed by atoms with E-state index in [2.05, 4.69) is 10.4 Å². The quantitative estimate of drug-likeness (QED) is 0.348. The van der Waals surface area contributed by atoms with E-state index in [0.717, 1.165) is 11.1 Å². The summed E-state index contributed by atoms with van der Waals surface area (Å²) in [4.78, 5) is 40.1. The lowest BCUT2D eigenvalue weighted by molar-refractivity contribution is -0.140. The van der Waals surface area contributed by atoms with Gasteiger partial charge in [-0.3, -0.25) is 19.1 Å². The summed E-state index contributed by atoms with van der Waals surface area (Å²) in [7, 11) is 1.69. The zero-order valence-electron chi connectivity index (χ0n) is 21.4. The molecule has 0 radical (unpaired) electrons. The number of amides is 3. The van der Waals surface area contributed by atoms with Crippen LogP contribution in [0, 0.1) is 0 Å². The van der Waals surface area contributed by atoms with E-state index < -0.39 is 23.5 Å². The molecule has 1 aromatic heterocycles. The number of rotatable bonds is 14. The van der Waals surface area contributed by atoms with E-state index in [9.17, 15) is 14.4 Å². The van der Waals surface area contributed by atoms with E-state index in [0.29, 0.717) is 13.1 Å². The van der Waals surface area contributed by atoms with Gasteiger partial charge in [0.15, 0.2) is 0 Å². The highest BCUT2D eigenvalue weighted by Gasteiger charge is 2.44. The van der Waals surface area contributed by atoms with Crippen molar-refractivity contribution in [1.29, 1.82) is 0 Å². The predicted octanol–water partition coefficient (Wildman–Crippen LogP) is 2.31. The van der Waals surface area contributed by atoms with Gasteiger partial charge < -0.3 is 20.7 Å². The van der Waals surface area contributed by atoms with Gasteiger partial charge in [0, 0.05) is 45.2 Å². The van der Waals surface area contributed by atoms with Crippen LogP contribution in [0.2, 0.25) is 0 Å². The SMILES string of the molecule is C[C@@H](OCc1ccccc1)[C@@](Cc1ccccc1)(NC(=O)CCC(=O)N(C)CCn1cccn1)C(N)=O. The fourth-order valence-corrected chi connectivity index (χ4v) is 4.03. The monoisotopic (exact) mass is 505 g/mol. The van der Waals surface area contributed by atoms with Crippen LogP contribution < -0.4 is 11.1 Å². The van der Waals surface area contributed by atoms with Gasteiger partial charge >= 0.3 is 0 Å². The minimum Gasteiger partial charge on any atom is -0.371 e. The van der Waals surface area contributed by atoms with Gasteiger partial charge in [-0.05, 0) is 24.1 Å². The van der Waals surface area contributed by atoms with E-state index in [1.54, 1.807) is 29.7 Å². The second-order valence-corrected chi connectivity index (χ2v) is 9.07. The number of nitrogens with zero attached hydrogens (tertiary/aromatic N) is 3. The Morgan fingerprint density at radius 2 is 1.68 bits per heavy atom. The summed E-state index contributed by atoms with van der Waals surface area (Å²) in [5, 5.41) is 6.96. The lowest BCUT2D eigenvalue weighted by atomic mass is 9.84. The molecule has 2 aromatic carbocycles. The first-order chi connectivity index (χ1) is 17.8. The van der Waals surface area contributed by atoms with Crippen LogP contribution in [0.25, 0.3) is 0 Å². The zero-order valence-corrected chi connectivity index (χ0v) is 21.4. The molecule has 0 saturated heterocycles. The van der Waals surface area contributed by atoms with Gasteiger partial charge in [-0.25, -0.2) is 0 Å². The summed E-state index contributed by atoms with van der Waals surface area (Å²) in [6.07, 6.45) is 2.84. The summed E-state index contributed by atoms with van der Waals surface area (Å²) < 4.78 is 7.79. The highest BCUT2D eigenvalue weighted by atomic mass is 16.5. The van der Waals surface area contributed by atoms with E-state index in [1.807, 2.05) is 72.9 Å². The molecule has 3 N–H and O–H groups in total. The summed E-state index contributed by atoms with van der Waals surface area (Å²) in [6.45, 7) is 3.00. The summed E-state index contributed by atoms with van der Waals surface area (Å²) in [5.41, 5.74) is 6.17. The molecule has 1 heterocycles. The molecular formula is C28H35N5O4. The molecule has 2 atom stereocenters. The van der Waals surface area contributed by atoms with Crippen LogP contribution in [-0.4, -0.2) is 57.6 Å². The topological polar surface area (TPSA) is 120 Å². The Bertz CT molecular complexity index is 1140. The summed E-state index contributed by atoms with van der Waals surface area (Å²) in [6, 6.07) is 20.7. The van der Waals surface area contributed by atoms with Crippen molar-refractivity contribution in [2.45, 2.75) is 51.0 Å². The van der Waals surface area contributed by atoms with Gasteiger partial charge in [0.25, 0.3) is 0 Å². The van der Waals surface area contributed by atoms with Crippen LogP contribution in [0.3, 0.4) is 0 Å². The minimum atomic E-state index is -1.50. The number of nitrogens with two attached hydrogens (primary N) is 1. The van der Waals surface area contributed by atoms with Gasteiger partial charge in [0.2, 0.25) is 17.7 Å². The van der Waals surface area contributed by atoms with Crippen molar-refractivity contribution in [2.75, 3.05) is 13.6 Å². The van der Waals surface area contributed by atoms with Gasteiger partial charge in [0.05, 0.1) is 19.3 Å². The van der Waals surface area contributed by atoms with Crippen molar-refractivity contribution in [3.63, 3.8) is 0 Å². The maximum absolute atomic E-state index is 13.0. The Kier molecular flexibility index (Phi) is 9.97. The zero-order chi connectivity index (χ0) is 26.7. The third-order valence-electron chi connectivity index (χ3n) is 6.38. The molecule has 3 aromatic rings. The van der Waals surface area contributed by atoms with Crippen LogP contribution in [0.1, 0.15) is 30.9 Å². The predicted molar refractivity (Wildman–Crippen MR) is 140 cm³/mol. The molecule has 0 unspecified atom stereocenters. The lowest BCUT2D eigenvalue weighted by Gasteiger charge is -2.37. The molecule has 3 rings (SSSR count). The lowest BCUT2D eigenvalue weighted by Crippen LogP contribution is -2.65. The van der Waals surface area contributed by atoms with Crippen LogP contribution in [0.15, 0.2) is 79.1 Å². The van der Waals surface area contributed by atoms with Crippen molar-refractivity contribution < 1.29 is 19.1 Å². The molecule has 9 heteroatoms. The van der Waals surface area contributed by atoms with Crippen LogP contribution in [0.5, 0.6) is 0 Å². The number of carbonyl (C=O) groups is 3. The molecule has 0 aliphatic rings. The highest BCUT2D eigenvalue weighted by Crippen LogP contribution is 2.22. The average Bonchev–Trinajstić information content (AvgIpc) is 3.43. The molecular weight excluding hydrogens is 470 g/mol. The Morgan fingerprint density at radius 3 is 2.27 bits per heavy atom. The normalized spacial score (nSPS) is 13.4. The summed E-state index contributed by atoms with van der Waals surface area (Å²) >= 11 is 0. The van der Waals surface area contributed by atoms with Crippen LogP contribution in [-0.2, 0) is 38.7 Å². The number of ether oxygens (including phenoxy) is 1. The first-order valence-electron chi connectivity index (χ1n) is 12.3. The van der Waals surface area contributed by atoms with Crippen molar-refractivity contribution in [3.8, 4) is 0 Å². The van der Waals surface area contributed by atoms with Gasteiger partial charge in [-0.1, -0.05) is 60.7 Å². The second kappa shape index (κ2) is 13.4. The van der Waals surface area contributed by atoms with Gasteiger partial charge in [-0.2, -0.15) is 5.10 Å². The molecule has 9 nitrogen and oxygen atoms in total. The number of aromatic nitrogens is 2. The molecule has 0 aliphatic heterocycles. The Hall–Kier alpha value is -3.98. The van der Waals surface area contributed by atoms with Crippen molar-refractivity contribution in [1.82, 2.24) is 20.0 Å². The third kappa shape index (κ3) is 8.01. The highest BCUT2D eigenvalue weighted by molar-refractivity contribution is 5.92. The van der Waals surface area contributed by atoms with Gasteiger partial charge in [0.1, 0.15) is 5.54 Å². The minimum absolute atomic E-state index is 0.000866.